The zero-order valence-corrected chi connectivity index (χ0v) is 30.6. The van der Waals surface area contributed by atoms with Crippen molar-refractivity contribution in [1.82, 2.24) is 0 Å². The number of hydrogen-bond donors (Lipinski definition) is 2. The van der Waals surface area contributed by atoms with Gasteiger partial charge in [-0.3, -0.25) is 25.0 Å². The zero-order valence-electron chi connectivity index (χ0n) is 29.1. The topological polar surface area (TPSA) is 170 Å². The lowest BCUT2D eigenvalue weighted by Gasteiger charge is -2.41. The molecule has 2 N–H and O–H groups in total. The van der Waals surface area contributed by atoms with Gasteiger partial charge in [0.2, 0.25) is 5.91 Å². The number of aliphatic hydroxyl groups is 1. The summed E-state index contributed by atoms with van der Waals surface area (Å²) in [6.07, 6.45) is 0.592. The number of esters is 1. The second kappa shape index (κ2) is 14.9. The summed E-state index contributed by atoms with van der Waals surface area (Å²) in [7, 11) is 3.02. The summed E-state index contributed by atoms with van der Waals surface area (Å²) in [5.41, 5.74) is -0.442. The molecule has 0 radical (unpaired) electrons. The molecule has 0 aliphatic carbocycles. The fourth-order valence-electron chi connectivity index (χ4n) is 6.93. The SMILES string of the molecule is CO[C@@H]1/C=C/C=C(\C)Cc2cc(C)c(Cl)c(c2)N(C)C(=O)C[C@H](OC(=O)Nc2ccc(Cl)cc2[N+](=O)[O-])[C@]2(C)O[C@H]2[C@H](C)[C@@H]2C[C@@]1(O)CC(=O)O2. The van der Waals surface area contributed by atoms with Gasteiger partial charge < -0.3 is 29.0 Å². The van der Waals surface area contributed by atoms with Gasteiger partial charge >= 0.3 is 12.1 Å². The van der Waals surface area contributed by atoms with Crippen molar-refractivity contribution < 1.29 is 43.4 Å². The average Bonchev–Trinajstić information content (AvgIpc) is 3.75. The molecule has 15 heteroatoms. The molecule has 2 saturated heterocycles. The molecule has 5 rings (SSSR count). The number of halogens is 2. The normalized spacial score (nSPS) is 31.4. The van der Waals surface area contributed by atoms with Crippen LogP contribution in [0.3, 0.4) is 0 Å². The monoisotopic (exact) mass is 745 g/mol. The molecule has 3 aliphatic rings. The molecule has 2 amide bonds. The minimum atomic E-state index is -1.60. The summed E-state index contributed by atoms with van der Waals surface area (Å²) >= 11 is 12.7. The van der Waals surface area contributed by atoms with Crippen molar-refractivity contribution in [3.63, 3.8) is 0 Å². The summed E-state index contributed by atoms with van der Waals surface area (Å²) in [6, 6.07) is 7.47. The Balaban J connectivity index is 1.53. The van der Waals surface area contributed by atoms with E-state index < -0.39 is 70.1 Å². The van der Waals surface area contributed by atoms with E-state index in [-0.39, 0.29) is 30.0 Å². The standard InChI is InChI=1S/C36H41Cl2N3O10/c1-19-8-7-9-28(48-6)36(45)17-27(49-31(43)18-36)21(3)33-35(4,51-33)29(50-34(44)39-24-11-10-23(37)15-25(24)41(46)47)16-30(42)40(5)26-14-22(12-19)13-20(2)32(26)38/h7-11,13-15,21,27-29,33,45H,12,16-18H2,1-6H3,(H,39,44)/b9-7+,19-8+/t21-,27+,28-,29+,33+,35+,36-/m1/s1. The van der Waals surface area contributed by atoms with Gasteiger partial charge in [0, 0.05) is 37.6 Å². The Bertz CT molecular complexity index is 1800. The number of fused-ring (bicyclic) bond motifs is 5. The molecule has 3 aliphatic heterocycles. The molecule has 0 spiro atoms. The van der Waals surface area contributed by atoms with Crippen LogP contribution in [0.5, 0.6) is 0 Å². The number of carbonyl (C=O) groups excluding carboxylic acids is 3. The lowest BCUT2D eigenvalue weighted by molar-refractivity contribution is -0.383. The fourth-order valence-corrected chi connectivity index (χ4v) is 7.33. The van der Waals surface area contributed by atoms with Crippen molar-refractivity contribution in [2.45, 2.75) is 89.0 Å². The van der Waals surface area contributed by atoms with Crippen molar-refractivity contribution >= 4 is 58.2 Å². The van der Waals surface area contributed by atoms with Crippen molar-refractivity contribution in [1.29, 1.82) is 0 Å². The summed E-state index contributed by atoms with van der Waals surface area (Å²) in [5, 5.41) is 26.3. The van der Waals surface area contributed by atoms with Crippen LogP contribution in [-0.4, -0.2) is 77.8 Å². The number of amides is 2. The molecule has 0 unspecified atom stereocenters. The number of aryl methyl sites for hydroxylation is 1. The van der Waals surface area contributed by atoms with E-state index in [0.29, 0.717) is 17.1 Å². The molecule has 0 aromatic heterocycles. The fraction of sp³-hybridized carbons (Fsp3) is 0.472. The molecule has 274 valence electrons. The van der Waals surface area contributed by atoms with Gasteiger partial charge in [-0.2, -0.15) is 0 Å². The number of nitro benzene ring substituents is 1. The predicted octanol–water partition coefficient (Wildman–Crippen LogP) is 6.48. The molecule has 2 aromatic carbocycles. The summed E-state index contributed by atoms with van der Waals surface area (Å²) in [5.74, 6) is -1.61. The number of nitro groups is 1. The van der Waals surface area contributed by atoms with Crippen LogP contribution in [0.15, 0.2) is 54.1 Å². The molecule has 7 atom stereocenters. The highest BCUT2D eigenvalue weighted by Gasteiger charge is 2.64. The number of nitrogens with zero attached hydrogens (tertiary/aromatic N) is 2. The van der Waals surface area contributed by atoms with Gasteiger partial charge in [-0.25, -0.2) is 4.79 Å². The van der Waals surface area contributed by atoms with Gasteiger partial charge in [-0.15, -0.1) is 0 Å². The Morgan fingerprint density at radius 2 is 1.92 bits per heavy atom. The maximum Gasteiger partial charge on any atom is 0.412 e. The summed E-state index contributed by atoms with van der Waals surface area (Å²) in [6.45, 7) is 7.22. The number of benzene rings is 2. The Morgan fingerprint density at radius 3 is 2.61 bits per heavy atom. The molecular formula is C36H41Cl2N3O10. The molecule has 51 heavy (non-hydrogen) atoms. The third-order valence-corrected chi connectivity index (χ3v) is 10.6. The van der Waals surface area contributed by atoms with Crippen LogP contribution in [0.2, 0.25) is 10.0 Å². The van der Waals surface area contributed by atoms with E-state index in [1.165, 1.54) is 24.1 Å². The predicted molar refractivity (Wildman–Crippen MR) is 190 cm³/mol. The molecule has 13 nitrogen and oxygen atoms in total. The van der Waals surface area contributed by atoms with E-state index in [0.717, 1.165) is 22.8 Å². The highest BCUT2D eigenvalue weighted by Crippen LogP contribution is 2.49. The van der Waals surface area contributed by atoms with Crippen molar-refractivity contribution in [3.8, 4) is 0 Å². The van der Waals surface area contributed by atoms with Crippen molar-refractivity contribution in [2.24, 2.45) is 5.92 Å². The summed E-state index contributed by atoms with van der Waals surface area (Å²) < 4.78 is 23.4. The number of carbonyl (C=O) groups is 3. The molecule has 4 bridgehead atoms. The lowest BCUT2D eigenvalue weighted by atomic mass is 9.78. The number of hydrogen-bond acceptors (Lipinski definition) is 10. The molecule has 3 heterocycles. The van der Waals surface area contributed by atoms with E-state index >= 15 is 0 Å². The van der Waals surface area contributed by atoms with Crippen molar-refractivity contribution in [2.75, 3.05) is 24.4 Å². The first-order valence-electron chi connectivity index (χ1n) is 16.4. The van der Waals surface area contributed by atoms with Crippen LogP contribution in [-0.2, 0) is 35.0 Å². The molecule has 2 aromatic rings. The number of methoxy groups -OCH3 is 1. The van der Waals surface area contributed by atoms with E-state index in [4.69, 9.17) is 42.1 Å². The average molecular weight is 747 g/mol. The quantitative estimate of drug-likeness (QED) is 0.153. The first-order valence-corrected chi connectivity index (χ1v) is 17.1. The Kier molecular flexibility index (Phi) is 11.2. The molecule has 0 saturated carbocycles. The second-order valence-corrected chi connectivity index (χ2v) is 14.5. The van der Waals surface area contributed by atoms with E-state index in [2.05, 4.69) is 5.32 Å². The molecular weight excluding hydrogens is 705 g/mol. The minimum Gasteiger partial charge on any atom is -0.462 e. The number of epoxide rings is 1. The number of anilines is 2. The van der Waals surface area contributed by atoms with Crippen LogP contribution < -0.4 is 10.2 Å². The smallest absolute Gasteiger partial charge is 0.412 e. The van der Waals surface area contributed by atoms with Crippen LogP contribution in [0, 0.1) is 23.0 Å². The first-order chi connectivity index (χ1) is 23.9. The van der Waals surface area contributed by atoms with Crippen LogP contribution in [0.4, 0.5) is 21.9 Å². The first kappa shape index (κ1) is 38.2. The van der Waals surface area contributed by atoms with Gasteiger partial charge in [-0.1, -0.05) is 60.0 Å². The van der Waals surface area contributed by atoms with Crippen LogP contribution in [0.1, 0.15) is 51.2 Å². The molecule has 2 fully saturated rings. The largest absolute Gasteiger partial charge is 0.462 e. The Hall–Kier alpha value is -4.01. The number of nitrogens with one attached hydrogen (secondary N) is 1. The Morgan fingerprint density at radius 1 is 1.20 bits per heavy atom. The van der Waals surface area contributed by atoms with Crippen molar-refractivity contribution in [3.05, 3.63) is 85.4 Å². The number of allylic oxidation sites excluding steroid dienone is 3. The highest BCUT2D eigenvalue weighted by atomic mass is 35.5. The number of rotatable bonds is 4. The maximum atomic E-state index is 14.0. The van der Waals surface area contributed by atoms with Gasteiger partial charge in [0.05, 0.1) is 34.6 Å². The van der Waals surface area contributed by atoms with Gasteiger partial charge in [0.1, 0.15) is 35.2 Å². The second-order valence-electron chi connectivity index (χ2n) is 13.7. The Labute approximate surface area is 305 Å². The van der Waals surface area contributed by atoms with Crippen LogP contribution in [0.25, 0.3) is 0 Å². The van der Waals surface area contributed by atoms with E-state index in [1.807, 2.05) is 32.1 Å². The van der Waals surface area contributed by atoms with Gasteiger partial charge in [-0.05, 0) is 56.5 Å². The zero-order chi connectivity index (χ0) is 37.4. The maximum absolute atomic E-state index is 14.0. The van der Waals surface area contributed by atoms with Gasteiger partial charge in [0.25, 0.3) is 5.69 Å². The van der Waals surface area contributed by atoms with E-state index in [9.17, 15) is 29.6 Å². The lowest BCUT2D eigenvalue weighted by Crippen LogP contribution is -2.53. The van der Waals surface area contributed by atoms with E-state index in [1.54, 1.807) is 33.0 Å². The third kappa shape index (κ3) is 8.23. The van der Waals surface area contributed by atoms with Crippen LogP contribution >= 0.6 is 23.2 Å². The van der Waals surface area contributed by atoms with Gasteiger partial charge in [0.15, 0.2) is 0 Å². The highest BCUT2D eigenvalue weighted by molar-refractivity contribution is 6.34. The minimum absolute atomic E-state index is 0.0267. The number of ether oxygens (including phenoxy) is 4. The summed E-state index contributed by atoms with van der Waals surface area (Å²) in [4.78, 5) is 52.6. The third-order valence-electron chi connectivity index (χ3n) is 9.85.